The monoisotopic (exact) mass is 283 g/mol. The van der Waals surface area contributed by atoms with E-state index in [0.717, 1.165) is 18.5 Å². The zero-order chi connectivity index (χ0) is 14.5. The van der Waals surface area contributed by atoms with E-state index in [2.05, 4.69) is 24.1 Å². The molecule has 0 aliphatic rings. The number of pyridine rings is 1. The average molecular weight is 284 g/mol. The number of hydrogen-bond donors (Lipinski definition) is 2. The van der Waals surface area contributed by atoms with E-state index in [9.17, 15) is 4.79 Å². The van der Waals surface area contributed by atoms with E-state index < -0.39 is 0 Å². The molecule has 0 fully saturated rings. The molecule has 0 unspecified atom stereocenters. The summed E-state index contributed by atoms with van der Waals surface area (Å²) in [5.74, 6) is -0.00248. The number of aromatic nitrogens is 1. The van der Waals surface area contributed by atoms with Crippen LogP contribution >= 0.6 is 11.6 Å². The number of carbonyl (C=O) groups is 1. The minimum atomic E-state index is -0.00248. The van der Waals surface area contributed by atoms with Gasteiger partial charge in [0.1, 0.15) is 5.15 Å². The van der Waals surface area contributed by atoms with E-state index in [-0.39, 0.29) is 11.3 Å². The Bertz CT molecular complexity index is 446. The fourth-order valence-corrected chi connectivity index (χ4v) is 2.03. The third kappa shape index (κ3) is 5.57. The minimum Gasteiger partial charge on any atom is -0.330 e. The molecular weight excluding hydrogens is 262 g/mol. The number of anilines is 1. The standard InChI is InChI=1S/C14H22ClN3O/c1-10-11(4-5-12(15)17-10)18-13(19)6-7-14(2,3)8-9-16/h4-5H,6-9,16H2,1-3H3,(H,18,19). The van der Waals surface area contributed by atoms with Gasteiger partial charge in [0.05, 0.1) is 11.4 Å². The van der Waals surface area contributed by atoms with Crippen molar-refractivity contribution in [3.63, 3.8) is 0 Å². The number of nitrogens with zero attached hydrogens (tertiary/aromatic N) is 1. The smallest absolute Gasteiger partial charge is 0.224 e. The van der Waals surface area contributed by atoms with Crippen LogP contribution in [0.5, 0.6) is 0 Å². The van der Waals surface area contributed by atoms with E-state index in [1.54, 1.807) is 12.1 Å². The third-order valence-corrected chi connectivity index (χ3v) is 3.39. The summed E-state index contributed by atoms with van der Waals surface area (Å²) in [4.78, 5) is 16.0. The zero-order valence-corrected chi connectivity index (χ0v) is 12.5. The number of halogens is 1. The van der Waals surface area contributed by atoms with Gasteiger partial charge in [-0.25, -0.2) is 4.98 Å². The largest absolute Gasteiger partial charge is 0.330 e. The molecular formula is C14H22ClN3O. The van der Waals surface area contributed by atoms with Crippen LogP contribution < -0.4 is 11.1 Å². The lowest BCUT2D eigenvalue weighted by atomic mass is 9.84. The first-order chi connectivity index (χ1) is 8.84. The van der Waals surface area contributed by atoms with Gasteiger partial charge in [-0.05, 0) is 43.9 Å². The number of hydrogen-bond acceptors (Lipinski definition) is 3. The Hall–Kier alpha value is -1.13. The van der Waals surface area contributed by atoms with Crippen molar-refractivity contribution in [3.8, 4) is 0 Å². The Morgan fingerprint density at radius 3 is 2.68 bits per heavy atom. The predicted octanol–water partition coefficient (Wildman–Crippen LogP) is 3.14. The molecule has 1 aromatic heterocycles. The molecule has 1 aromatic rings. The molecule has 0 spiro atoms. The highest BCUT2D eigenvalue weighted by molar-refractivity contribution is 6.29. The van der Waals surface area contributed by atoms with Gasteiger partial charge in [-0.1, -0.05) is 25.4 Å². The van der Waals surface area contributed by atoms with E-state index in [1.807, 2.05) is 6.92 Å². The second-order valence-electron chi connectivity index (χ2n) is 5.52. The summed E-state index contributed by atoms with van der Waals surface area (Å²) in [6.07, 6.45) is 2.22. The first-order valence-electron chi connectivity index (χ1n) is 6.47. The summed E-state index contributed by atoms with van der Waals surface area (Å²) < 4.78 is 0. The van der Waals surface area contributed by atoms with Crippen LogP contribution in [0.2, 0.25) is 5.15 Å². The highest BCUT2D eigenvalue weighted by Crippen LogP contribution is 2.26. The molecule has 0 aliphatic heterocycles. The maximum Gasteiger partial charge on any atom is 0.224 e. The lowest BCUT2D eigenvalue weighted by Gasteiger charge is -2.23. The Kier molecular flexibility index (Phi) is 5.76. The van der Waals surface area contributed by atoms with E-state index in [0.29, 0.717) is 23.8 Å². The fourth-order valence-electron chi connectivity index (χ4n) is 1.84. The summed E-state index contributed by atoms with van der Waals surface area (Å²) in [5.41, 5.74) is 7.09. The van der Waals surface area contributed by atoms with Crippen LogP contribution in [-0.4, -0.2) is 17.4 Å². The van der Waals surface area contributed by atoms with Crippen molar-refractivity contribution in [1.82, 2.24) is 4.98 Å². The zero-order valence-electron chi connectivity index (χ0n) is 11.8. The molecule has 0 bridgehead atoms. The minimum absolute atomic E-state index is 0.00248. The van der Waals surface area contributed by atoms with Crippen LogP contribution in [0.15, 0.2) is 12.1 Å². The van der Waals surface area contributed by atoms with Crippen molar-refractivity contribution in [2.24, 2.45) is 11.1 Å². The first kappa shape index (κ1) is 15.9. The first-order valence-corrected chi connectivity index (χ1v) is 6.85. The van der Waals surface area contributed by atoms with E-state index in [4.69, 9.17) is 17.3 Å². The molecule has 1 heterocycles. The normalized spacial score (nSPS) is 11.4. The number of rotatable bonds is 6. The lowest BCUT2D eigenvalue weighted by Crippen LogP contribution is -2.21. The summed E-state index contributed by atoms with van der Waals surface area (Å²) >= 11 is 5.77. The summed E-state index contributed by atoms with van der Waals surface area (Å²) in [6.45, 7) is 6.72. The second-order valence-corrected chi connectivity index (χ2v) is 5.91. The quantitative estimate of drug-likeness (QED) is 0.788. The molecule has 0 radical (unpaired) electrons. The van der Waals surface area contributed by atoms with Crippen molar-refractivity contribution in [2.75, 3.05) is 11.9 Å². The molecule has 0 atom stereocenters. The molecule has 0 aromatic carbocycles. The highest BCUT2D eigenvalue weighted by atomic mass is 35.5. The topological polar surface area (TPSA) is 68.0 Å². The van der Waals surface area contributed by atoms with Gasteiger partial charge >= 0.3 is 0 Å². The summed E-state index contributed by atoms with van der Waals surface area (Å²) in [7, 11) is 0. The molecule has 1 rings (SSSR count). The van der Waals surface area contributed by atoms with Gasteiger partial charge in [0.25, 0.3) is 0 Å². The van der Waals surface area contributed by atoms with Gasteiger partial charge in [0.15, 0.2) is 0 Å². The maximum atomic E-state index is 11.9. The Morgan fingerprint density at radius 2 is 2.11 bits per heavy atom. The molecule has 19 heavy (non-hydrogen) atoms. The Labute approximate surface area is 119 Å². The van der Waals surface area contributed by atoms with Crippen molar-refractivity contribution in [3.05, 3.63) is 23.0 Å². The maximum absolute atomic E-state index is 11.9. The van der Waals surface area contributed by atoms with E-state index >= 15 is 0 Å². The van der Waals surface area contributed by atoms with Crippen molar-refractivity contribution in [1.29, 1.82) is 0 Å². The summed E-state index contributed by atoms with van der Waals surface area (Å²) in [6, 6.07) is 3.44. The molecule has 0 saturated heterocycles. The van der Waals surface area contributed by atoms with Crippen LogP contribution in [-0.2, 0) is 4.79 Å². The molecule has 0 saturated carbocycles. The molecule has 0 aliphatic carbocycles. The number of nitrogens with one attached hydrogen (secondary N) is 1. The molecule has 106 valence electrons. The number of aryl methyl sites for hydroxylation is 1. The van der Waals surface area contributed by atoms with Gasteiger partial charge in [-0.3, -0.25) is 4.79 Å². The highest BCUT2D eigenvalue weighted by Gasteiger charge is 2.18. The average Bonchev–Trinajstić information content (AvgIpc) is 2.30. The lowest BCUT2D eigenvalue weighted by molar-refractivity contribution is -0.116. The van der Waals surface area contributed by atoms with Gasteiger partial charge in [0.2, 0.25) is 5.91 Å². The number of nitrogens with two attached hydrogens (primary N) is 1. The Balaban J connectivity index is 2.52. The fraction of sp³-hybridized carbons (Fsp3) is 0.571. The van der Waals surface area contributed by atoms with Crippen molar-refractivity contribution >= 4 is 23.2 Å². The van der Waals surface area contributed by atoms with Crippen LogP contribution in [0.4, 0.5) is 5.69 Å². The predicted molar refractivity (Wildman–Crippen MR) is 79.3 cm³/mol. The van der Waals surface area contributed by atoms with E-state index in [1.165, 1.54) is 0 Å². The van der Waals surface area contributed by atoms with Gasteiger partial charge < -0.3 is 11.1 Å². The van der Waals surface area contributed by atoms with Crippen LogP contribution in [0.1, 0.15) is 38.8 Å². The Morgan fingerprint density at radius 1 is 1.42 bits per heavy atom. The molecule has 4 nitrogen and oxygen atoms in total. The molecule has 3 N–H and O–H groups in total. The third-order valence-electron chi connectivity index (χ3n) is 3.18. The number of carbonyl (C=O) groups excluding carboxylic acids is 1. The SMILES string of the molecule is Cc1nc(Cl)ccc1NC(=O)CCC(C)(C)CCN. The second kappa shape index (κ2) is 6.87. The van der Waals surface area contributed by atoms with Crippen LogP contribution in [0, 0.1) is 12.3 Å². The van der Waals surface area contributed by atoms with Gasteiger partial charge in [-0.2, -0.15) is 0 Å². The van der Waals surface area contributed by atoms with Crippen molar-refractivity contribution < 1.29 is 4.79 Å². The molecule has 1 amide bonds. The van der Waals surface area contributed by atoms with Crippen molar-refractivity contribution in [2.45, 2.75) is 40.0 Å². The molecule has 5 heteroatoms. The summed E-state index contributed by atoms with van der Waals surface area (Å²) in [5, 5.41) is 3.29. The number of amides is 1. The van der Waals surface area contributed by atoms with Gasteiger partial charge in [0, 0.05) is 6.42 Å². The van der Waals surface area contributed by atoms with Crippen LogP contribution in [0.3, 0.4) is 0 Å². The van der Waals surface area contributed by atoms with Crippen LogP contribution in [0.25, 0.3) is 0 Å². The van der Waals surface area contributed by atoms with Gasteiger partial charge in [-0.15, -0.1) is 0 Å².